The zero-order chi connectivity index (χ0) is 19.3. The molecule has 0 saturated heterocycles. The maximum absolute atomic E-state index is 13.8. The summed E-state index contributed by atoms with van der Waals surface area (Å²) in [5.41, 5.74) is 0.202. The van der Waals surface area contributed by atoms with Crippen LogP contribution in [0.15, 0.2) is 24.3 Å². The molecule has 2 aromatic rings. The fourth-order valence-corrected chi connectivity index (χ4v) is 3.49. The van der Waals surface area contributed by atoms with Gasteiger partial charge in [0.2, 0.25) is 5.88 Å². The largest absolute Gasteiger partial charge is 0.473 e. The minimum Gasteiger partial charge on any atom is -0.473 e. The predicted octanol–water partition coefficient (Wildman–Crippen LogP) is 3.72. The molecule has 0 spiro atoms. The molecule has 1 heterocycles. The van der Waals surface area contributed by atoms with Gasteiger partial charge in [-0.05, 0) is 37.5 Å². The van der Waals surface area contributed by atoms with E-state index in [2.05, 4.69) is 10.4 Å². The molecular weight excluding hydrogens is 376 g/mol. The molecule has 3 rings (SSSR count). The molecule has 1 saturated carbocycles. The van der Waals surface area contributed by atoms with Crippen LogP contribution in [0.2, 0.25) is 0 Å². The van der Waals surface area contributed by atoms with Crippen molar-refractivity contribution in [2.75, 3.05) is 6.00 Å². The maximum Gasteiger partial charge on any atom is 0.212 e. The number of halogens is 3. The van der Waals surface area contributed by atoms with Gasteiger partial charge in [0.25, 0.3) is 0 Å². The molecule has 0 unspecified atom stereocenters. The lowest BCUT2D eigenvalue weighted by Crippen LogP contribution is -2.26. The first-order valence-electron chi connectivity index (χ1n) is 9.12. The summed E-state index contributed by atoms with van der Waals surface area (Å²) in [6.45, 7) is 0.839. The van der Waals surface area contributed by atoms with Crippen molar-refractivity contribution in [1.29, 1.82) is 0 Å². The SMILES string of the molecule is OC1(CCn2nc(CNCCl)cc2OCc2cc(F)ccc2F)CCCC1. The molecule has 148 valence electrons. The number of hydrogen-bond donors (Lipinski definition) is 2. The molecule has 1 aliphatic rings. The van der Waals surface area contributed by atoms with E-state index in [4.69, 9.17) is 16.3 Å². The first-order valence-corrected chi connectivity index (χ1v) is 9.65. The number of aryl methyl sites for hydroxylation is 1. The van der Waals surface area contributed by atoms with Crippen molar-refractivity contribution in [3.63, 3.8) is 0 Å². The molecule has 2 N–H and O–H groups in total. The number of alkyl halides is 1. The first kappa shape index (κ1) is 20.0. The smallest absolute Gasteiger partial charge is 0.212 e. The monoisotopic (exact) mass is 399 g/mol. The molecule has 1 aliphatic carbocycles. The van der Waals surface area contributed by atoms with Gasteiger partial charge in [0, 0.05) is 24.7 Å². The van der Waals surface area contributed by atoms with Gasteiger partial charge in [0.05, 0.1) is 17.3 Å². The lowest BCUT2D eigenvalue weighted by molar-refractivity contribution is 0.0326. The van der Waals surface area contributed by atoms with Crippen molar-refractivity contribution in [3.05, 3.63) is 47.2 Å². The Morgan fingerprint density at radius 2 is 2.04 bits per heavy atom. The van der Waals surface area contributed by atoms with Crippen molar-refractivity contribution >= 4 is 11.6 Å². The third-order valence-corrected chi connectivity index (χ3v) is 5.09. The number of nitrogens with zero attached hydrogens (tertiary/aromatic N) is 2. The number of ether oxygens (including phenoxy) is 1. The molecule has 1 aromatic heterocycles. The van der Waals surface area contributed by atoms with Gasteiger partial charge in [-0.25, -0.2) is 13.5 Å². The summed E-state index contributed by atoms with van der Waals surface area (Å²) in [6.07, 6.45) is 4.21. The van der Waals surface area contributed by atoms with Gasteiger partial charge in [0.15, 0.2) is 0 Å². The number of aliphatic hydroxyl groups is 1. The van der Waals surface area contributed by atoms with E-state index >= 15 is 0 Å². The summed E-state index contributed by atoms with van der Waals surface area (Å²) in [5, 5.41) is 18.0. The third-order valence-electron chi connectivity index (χ3n) is 4.90. The summed E-state index contributed by atoms with van der Waals surface area (Å²) in [4.78, 5) is 0. The zero-order valence-corrected chi connectivity index (χ0v) is 15.8. The van der Waals surface area contributed by atoms with Gasteiger partial charge < -0.3 is 9.84 Å². The topological polar surface area (TPSA) is 59.3 Å². The molecule has 5 nitrogen and oxygen atoms in total. The van der Waals surface area contributed by atoms with Crippen molar-refractivity contribution in [1.82, 2.24) is 15.1 Å². The second kappa shape index (κ2) is 8.99. The average molecular weight is 400 g/mol. The molecule has 0 aliphatic heterocycles. The van der Waals surface area contributed by atoms with E-state index in [-0.39, 0.29) is 18.2 Å². The number of rotatable bonds is 9. The van der Waals surface area contributed by atoms with Crippen LogP contribution in [0.4, 0.5) is 8.78 Å². The summed E-state index contributed by atoms with van der Waals surface area (Å²) >= 11 is 5.65. The average Bonchev–Trinajstić information content (AvgIpc) is 3.25. The normalized spacial score (nSPS) is 16.0. The van der Waals surface area contributed by atoms with Crippen LogP contribution in [-0.4, -0.2) is 26.5 Å². The van der Waals surface area contributed by atoms with E-state index in [1.165, 1.54) is 0 Å². The fourth-order valence-electron chi connectivity index (χ4n) is 3.39. The number of aromatic nitrogens is 2. The third kappa shape index (κ3) is 5.40. The zero-order valence-electron chi connectivity index (χ0n) is 15.1. The highest BCUT2D eigenvalue weighted by Gasteiger charge is 2.31. The Bertz CT molecular complexity index is 763. The van der Waals surface area contributed by atoms with Crippen LogP contribution in [0.5, 0.6) is 5.88 Å². The van der Waals surface area contributed by atoms with Crippen LogP contribution < -0.4 is 10.1 Å². The second-order valence-electron chi connectivity index (χ2n) is 6.96. The summed E-state index contributed by atoms with van der Waals surface area (Å²) in [7, 11) is 0. The Morgan fingerprint density at radius 3 is 2.78 bits per heavy atom. The number of hydrogen-bond acceptors (Lipinski definition) is 4. The minimum atomic E-state index is -0.660. The fraction of sp³-hybridized carbons (Fsp3) is 0.526. The molecule has 0 bridgehead atoms. The van der Waals surface area contributed by atoms with Gasteiger partial charge in [-0.15, -0.1) is 11.6 Å². The molecule has 27 heavy (non-hydrogen) atoms. The van der Waals surface area contributed by atoms with Crippen LogP contribution in [-0.2, 0) is 19.7 Å². The van der Waals surface area contributed by atoms with Crippen LogP contribution in [0.1, 0.15) is 43.4 Å². The Labute approximate surface area is 162 Å². The van der Waals surface area contributed by atoms with E-state index in [9.17, 15) is 13.9 Å². The van der Waals surface area contributed by atoms with Crippen molar-refractivity contribution in [3.8, 4) is 5.88 Å². The van der Waals surface area contributed by atoms with Gasteiger partial charge in [-0.3, -0.25) is 5.32 Å². The van der Waals surface area contributed by atoms with E-state index in [0.717, 1.165) is 49.6 Å². The molecule has 8 heteroatoms. The second-order valence-corrected chi connectivity index (χ2v) is 7.23. The molecule has 1 aromatic carbocycles. The molecule has 0 radical (unpaired) electrons. The van der Waals surface area contributed by atoms with E-state index in [0.29, 0.717) is 25.4 Å². The van der Waals surface area contributed by atoms with Gasteiger partial charge in [0.1, 0.15) is 18.2 Å². The minimum absolute atomic E-state index is 0.109. The Morgan fingerprint density at radius 1 is 1.26 bits per heavy atom. The lowest BCUT2D eigenvalue weighted by Gasteiger charge is -2.22. The summed E-state index contributed by atoms with van der Waals surface area (Å²) in [6, 6.07) is 5.30. The van der Waals surface area contributed by atoms with Crippen LogP contribution in [0, 0.1) is 11.6 Å². The predicted molar refractivity (Wildman–Crippen MR) is 98.5 cm³/mol. The molecular formula is C19H24ClF2N3O2. The van der Waals surface area contributed by atoms with Gasteiger partial charge in [-0.1, -0.05) is 12.8 Å². The number of benzene rings is 1. The highest BCUT2D eigenvalue weighted by atomic mass is 35.5. The Balaban J connectivity index is 1.71. The molecule has 1 fully saturated rings. The standard InChI is InChI=1S/C19H24ClF2N3O2/c20-13-23-11-16-10-18(27-12-14-9-15(21)3-4-17(14)22)25(24-16)8-7-19(26)5-1-2-6-19/h3-4,9-10,23,26H,1-2,5-8,11-13H2. The van der Waals surface area contributed by atoms with Gasteiger partial charge in [-0.2, -0.15) is 5.10 Å². The van der Waals surface area contributed by atoms with E-state index < -0.39 is 17.2 Å². The summed E-state index contributed by atoms with van der Waals surface area (Å²) < 4.78 is 34.5. The summed E-state index contributed by atoms with van der Waals surface area (Å²) in [5.74, 6) is -0.586. The van der Waals surface area contributed by atoms with Crippen LogP contribution in [0.25, 0.3) is 0 Å². The molecule has 0 atom stereocenters. The van der Waals surface area contributed by atoms with E-state index in [1.807, 2.05) is 0 Å². The van der Waals surface area contributed by atoms with Crippen LogP contribution in [0.3, 0.4) is 0 Å². The quantitative estimate of drug-likeness (QED) is 0.498. The van der Waals surface area contributed by atoms with Crippen molar-refractivity contribution < 1.29 is 18.6 Å². The van der Waals surface area contributed by atoms with Crippen molar-refractivity contribution in [2.24, 2.45) is 0 Å². The first-order chi connectivity index (χ1) is 13.0. The molecule has 0 amide bonds. The highest BCUT2D eigenvalue weighted by Crippen LogP contribution is 2.33. The Hall–Kier alpha value is -1.70. The highest BCUT2D eigenvalue weighted by molar-refractivity contribution is 6.17. The van der Waals surface area contributed by atoms with Crippen molar-refractivity contribution in [2.45, 2.75) is 57.4 Å². The van der Waals surface area contributed by atoms with Crippen LogP contribution >= 0.6 is 11.6 Å². The number of nitrogens with one attached hydrogen (secondary N) is 1. The Kier molecular flexibility index (Phi) is 6.68. The maximum atomic E-state index is 13.8. The lowest BCUT2D eigenvalue weighted by atomic mass is 9.98. The van der Waals surface area contributed by atoms with Gasteiger partial charge >= 0.3 is 0 Å². The van der Waals surface area contributed by atoms with E-state index in [1.54, 1.807) is 10.7 Å².